The summed E-state index contributed by atoms with van der Waals surface area (Å²) in [4.78, 5) is 15.0. The Morgan fingerprint density at radius 3 is 2.65 bits per heavy atom. The quantitative estimate of drug-likeness (QED) is 0.718. The van der Waals surface area contributed by atoms with Crippen LogP contribution in [0.4, 0.5) is 14.6 Å². The van der Waals surface area contributed by atoms with Crippen LogP contribution in [0, 0.1) is 0 Å². The van der Waals surface area contributed by atoms with Crippen molar-refractivity contribution in [3.05, 3.63) is 22.7 Å². The maximum atomic E-state index is 14.2. The van der Waals surface area contributed by atoms with Gasteiger partial charge in [0.25, 0.3) is 0 Å². The lowest BCUT2D eigenvalue weighted by atomic mass is 10.1. The Morgan fingerprint density at radius 1 is 1.52 bits per heavy atom. The van der Waals surface area contributed by atoms with Crippen molar-refractivity contribution in [2.45, 2.75) is 24.4 Å². The van der Waals surface area contributed by atoms with Gasteiger partial charge in [0.2, 0.25) is 6.23 Å². The molecule has 1 aliphatic rings. The average Bonchev–Trinajstić information content (AvgIpc) is 2.71. The largest absolute Gasteiger partial charge is 0.384 e. The summed E-state index contributed by atoms with van der Waals surface area (Å²) >= 11 is 0. The van der Waals surface area contributed by atoms with Gasteiger partial charge in [-0.3, -0.25) is 9.13 Å². The van der Waals surface area contributed by atoms with Gasteiger partial charge in [0.15, 0.2) is 0 Å². The normalized spacial score (nSPS) is 27.3. The van der Waals surface area contributed by atoms with E-state index in [2.05, 4.69) is 14.0 Å². The van der Waals surface area contributed by atoms with Crippen LogP contribution in [0.15, 0.2) is 17.1 Å². The average molecular weight is 355 g/mol. The summed E-state index contributed by atoms with van der Waals surface area (Å²) in [6.07, 6.45) is -5.62. The minimum Gasteiger partial charge on any atom is -0.384 e. The van der Waals surface area contributed by atoms with Gasteiger partial charge >= 0.3 is 19.2 Å². The SMILES string of the molecule is COP(=O)(C[C@H]1O[C@@H](n2ccc(N)nc2=O)C(F)(F)[C@@H]1O)OC. The first-order valence-corrected chi connectivity index (χ1v) is 8.14. The number of nitrogens with two attached hydrogens (primary N) is 1. The van der Waals surface area contributed by atoms with E-state index in [-0.39, 0.29) is 5.82 Å². The summed E-state index contributed by atoms with van der Waals surface area (Å²) < 4.78 is 55.4. The molecule has 0 spiro atoms. The smallest absolute Gasteiger partial charge is 0.351 e. The summed E-state index contributed by atoms with van der Waals surface area (Å²) in [5.41, 5.74) is 4.23. The molecule has 0 aromatic carbocycles. The molecule has 130 valence electrons. The van der Waals surface area contributed by atoms with Crippen molar-refractivity contribution < 1.29 is 32.2 Å². The molecule has 12 heteroatoms. The fourth-order valence-electron chi connectivity index (χ4n) is 2.17. The molecule has 0 saturated carbocycles. The van der Waals surface area contributed by atoms with Crippen molar-refractivity contribution in [1.29, 1.82) is 0 Å². The van der Waals surface area contributed by atoms with Gasteiger partial charge in [-0.1, -0.05) is 0 Å². The van der Waals surface area contributed by atoms with Crippen LogP contribution in [0.25, 0.3) is 0 Å². The number of aromatic nitrogens is 2. The van der Waals surface area contributed by atoms with Gasteiger partial charge in [0.1, 0.15) is 18.0 Å². The standard InChI is InChI=1S/C11H16F2N3O6P/c1-20-23(19,21-2)5-6-8(17)11(12,13)9(22-6)16-4-3-7(14)15-10(16)18/h3-4,6,8-9,17H,5H2,1-2H3,(H2,14,15,18)/t6-,8-,9-/m1/s1. The number of rotatable bonds is 5. The van der Waals surface area contributed by atoms with Gasteiger partial charge in [-0.05, 0) is 6.07 Å². The maximum absolute atomic E-state index is 14.2. The highest BCUT2D eigenvalue weighted by atomic mass is 31.2. The van der Waals surface area contributed by atoms with Crippen molar-refractivity contribution in [2.75, 3.05) is 26.1 Å². The zero-order valence-electron chi connectivity index (χ0n) is 12.3. The van der Waals surface area contributed by atoms with Gasteiger partial charge in [-0.2, -0.15) is 13.8 Å². The third-order valence-electron chi connectivity index (χ3n) is 3.44. The van der Waals surface area contributed by atoms with Gasteiger partial charge in [0, 0.05) is 20.4 Å². The second-order valence-corrected chi connectivity index (χ2v) is 7.16. The highest BCUT2D eigenvalue weighted by Crippen LogP contribution is 2.52. The molecular weight excluding hydrogens is 339 g/mol. The number of ether oxygens (including phenoxy) is 1. The first-order valence-electron chi connectivity index (χ1n) is 6.41. The summed E-state index contributed by atoms with van der Waals surface area (Å²) in [5.74, 6) is -3.97. The monoisotopic (exact) mass is 355 g/mol. The van der Waals surface area contributed by atoms with E-state index in [1.54, 1.807) is 0 Å². The number of halogens is 2. The molecule has 2 rings (SSSR count). The number of aliphatic hydroxyl groups is 1. The molecule has 2 heterocycles. The van der Waals surface area contributed by atoms with E-state index in [1.165, 1.54) is 0 Å². The van der Waals surface area contributed by atoms with Gasteiger partial charge in [-0.15, -0.1) is 0 Å². The number of hydrogen-bond acceptors (Lipinski definition) is 8. The Bertz CT molecular complexity index is 676. The zero-order valence-corrected chi connectivity index (χ0v) is 13.2. The highest BCUT2D eigenvalue weighted by Gasteiger charge is 2.60. The number of hydrogen-bond donors (Lipinski definition) is 2. The van der Waals surface area contributed by atoms with Crippen LogP contribution in [0.1, 0.15) is 6.23 Å². The first kappa shape index (κ1) is 18.0. The molecule has 1 aliphatic heterocycles. The van der Waals surface area contributed by atoms with Crippen LogP contribution < -0.4 is 11.4 Å². The van der Waals surface area contributed by atoms with Crippen LogP contribution >= 0.6 is 7.60 Å². The Labute approximate surface area is 129 Å². The lowest BCUT2D eigenvalue weighted by Crippen LogP contribution is -2.41. The summed E-state index contributed by atoms with van der Waals surface area (Å²) in [5, 5.41) is 9.78. The molecule has 23 heavy (non-hydrogen) atoms. The lowest BCUT2D eigenvalue weighted by Gasteiger charge is -2.21. The predicted molar refractivity (Wildman–Crippen MR) is 74.3 cm³/mol. The molecule has 0 aliphatic carbocycles. The predicted octanol–water partition coefficient (Wildman–Crippen LogP) is 0.205. The summed E-state index contributed by atoms with van der Waals surface area (Å²) in [6, 6.07) is 1.13. The third-order valence-corrected chi connectivity index (χ3v) is 5.36. The second-order valence-electron chi connectivity index (χ2n) is 4.85. The molecule has 0 unspecified atom stereocenters. The molecule has 3 N–H and O–H groups in total. The fourth-order valence-corrected chi connectivity index (χ4v) is 3.34. The van der Waals surface area contributed by atoms with E-state index in [9.17, 15) is 23.2 Å². The van der Waals surface area contributed by atoms with Crippen molar-refractivity contribution in [3.63, 3.8) is 0 Å². The van der Waals surface area contributed by atoms with Crippen LogP contribution in [-0.4, -0.2) is 53.2 Å². The minimum atomic E-state index is -3.82. The van der Waals surface area contributed by atoms with Crippen LogP contribution in [0.3, 0.4) is 0 Å². The molecule has 0 bridgehead atoms. The molecule has 1 aromatic rings. The lowest BCUT2D eigenvalue weighted by molar-refractivity contribution is -0.140. The number of nitrogen functional groups attached to an aromatic ring is 1. The number of alkyl halides is 2. The van der Waals surface area contributed by atoms with Crippen molar-refractivity contribution in [3.8, 4) is 0 Å². The van der Waals surface area contributed by atoms with Crippen LogP contribution in [0.5, 0.6) is 0 Å². The van der Waals surface area contributed by atoms with Crippen LogP contribution in [-0.2, 0) is 18.3 Å². The molecule has 3 atom stereocenters. The molecule has 0 radical (unpaired) electrons. The molecule has 0 amide bonds. The van der Waals surface area contributed by atoms with Crippen molar-refractivity contribution >= 4 is 13.4 Å². The van der Waals surface area contributed by atoms with E-state index in [4.69, 9.17) is 10.5 Å². The van der Waals surface area contributed by atoms with Crippen molar-refractivity contribution in [1.82, 2.24) is 9.55 Å². The highest BCUT2D eigenvalue weighted by molar-refractivity contribution is 7.53. The Morgan fingerprint density at radius 2 is 2.13 bits per heavy atom. The minimum absolute atomic E-state index is 0.145. The zero-order chi connectivity index (χ0) is 17.4. The number of anilines is 1. The summed E-state index contributed by atoms with van der Waals surface area (Å²) in [6.45, 7) is 0. The van der Waals surface area contributed by atoms with Gasteiger partial charge < -0.3 is 24.6 Å². The molecule has 1 fully saturated rings. The third kappa shape index (κ3) is 3.29. The van der Waals surface area contributed by atoms with E-state index in [0.717, 1.165) is 26.5 Å². The Hall–Kier alpha value is -1.39. The Balaban J connectivity index is 2.33. The van der Waals surface area contributed by atoms with E-state index >= 15 is 0 Å². The van der Waals surface area contributed by atoms with Gasteiger partial charge in [-0.25, -0.2) is 4.79 Å². The first-order chi connectivity index (χ1) is 10.6. The topological polar surface area (TPSA) is 126 Å². The number of aliphatic hydroxyl groups excluding tert-OH is 1. The molecular formula is C11H16F2N3O6P. The van der Waals surface area contributed by atoms with Crippen LogP contribution in [0.2, 0.25) is 0 Å². The maximum Gasteiger partial charge on any atom is 0.351 e. The summed E-state index contributed by atoms with van der Waals surface area (Å²) in [7, 11) is -1.55. The van der Waals surface area contributed by atoms with Gasteiger partial charge in [0.05, 0.1) is 6.16 Å². The van der Waals surface area contributed by atoms with Crippen molar-refractivity contribution in [2.24, 2.45) is 0 Å². The number of nitrogens with zero attached hydrogens (tertiary/aromatic N) is 2. The molecule has 1 saturated heterocycles. The van der Waals surface area contributed by atoms with E-state index in [1.807, 2.05) is 0 Å². The fraction of sp³-hybridized carbons (Fsp3) is 0.636. The molecule has 9 nitrogen and oxygen atoms in total. The van der Waals surface area contributed by atoms with E-state index in [0.29, 0.717) is 4.57 Å². The molecule has 1 aromatic heterocycles. The van der Waals surface area contributed by atoms with E-state index < -0.39 is 43.8 Å². The second kappa shape index (κ2) is 6.25. The Kier molecular flexibility index (Phi) is 4.88.